The van der Waals surface area contributed by atoms with Crippen molar-refractivity contribution in [3.63, 3.8) is 0 Å². The highest BCUT2D eigenvalue weighted by molar-refractivity contribution is 6.30. The molecule has 0 saturated heterocycles. The topological polar surface area (TPSA) is 58.1 Å². The Morgan fingerprint density at radius 3 is 2.63 bits per heavy atom. The molecular weight excluding hydrogens is 360 g/mol. The van der Waals surface area contributed by atoms with Crippen molar-refractivity contribution < 1.29 is 4.79 Å². The second-order valence-corrected chi connectivity index (χ2v) is 6.85. The SMILES string of the molecule is CN(C)C(=O)c1cccc2c1nc(Nc1cccc(Cl)c1)c1ccncc12. The summed E-state index contributed by atoms with van der Waals surface area (Å²) in [6, 6.07) is 15.0. The van der Waals surface area contributed by atoms with E-state index >= 15 is 0 Å². The van der Waals surface area contributed by atoms with Crippen molar-refractivity contribution in [3.05, 3.63) is 71.5 Å². The van der Waals surface area contributed by atoms with E-state index in [4.69, 9.17) is 16.6 Å². The summed E-state index contributed by atoms with van der Waals surface area (Å²) in [5.41, 5.74) is 2.02. The van der Waals surface area contributed by atoms with Gasteiger partial charge in [-0.05, 0) is 30.3 Å². The summed E-state index contributed by atoms with van der Waals surface area (Å²) in [7, 11) is 3.46. The van der Waals surface area contributed by atoms with Crippen LogP contribution in [0.2, 0.25) is 5.02 Å². The van der Waals surface area contributed by atoms with Crippen molar-refractivity contribution in [2.45, 2.75) is 0 Å². The Morgan fingerprint density at radius 1 is 1.04 bits per heavy atom. The van der Waals surface area contributed by atoms with Crippen LogP contribution in [0.25, 0.3) is 21.7 Å². The minimum Gasteiger partial charge on any atom is -0.345 e. The molecule has 0 fully saturated rings. The molecule has 5 nitrogen and oxygen atoms in total. The van der Waals surface area contributed by atoms with Gasteiger partial charge >= 0.3 is 0 Å². The number of para-hydroxylation sites is 1. The number of carbonyl (C=O) groups is 1. The Kier molecular flexibility index (Phi) is 4.38. The number of hydrogen-bond acceptors (Lipinski definition) is 4. The standard InChI is InChI=1S/C21H17ClN4O/c1-26(2)21(27)17-8-4-7-15-18-12-23-10-9-16(18)20(25-19(15)17)24-14-6-3-5-13(22)11-14/h3-12H,1-2H3,(H,24,25). The fourth-order valence-electron chi connectivity index (χ4n) is 3.08. The van der Waals surface area contributed by atoms with E-state index in [2.05, 4.69) is 10.3 Å². The van der Waals surface area contributed by atoms with Crippen molar-refractivity contribution in [1.82, 2.24) is 14.9 Å². The lowest BCUT2D eigenvalue weighted by Crippen LogP contribution is -2.22. The molecule has 4 aromatic rings. The number of rotatable bonds is 3. The molecule has 2 aromatic carbocycles. The van der Waals surface area contributed by atoms with Gasteiger partial charge in [0.1, 0.15) is 5.82 Å². The zero-order valence-corrected chi connectivity index (χ0v) is 15.7. The number of halogens is 1. The summed E-state index contributed by atoms with van der Waals surface area (Å²) in [6.45, 7) is 0. The number of anilines is 2. The van der Waals surface area contributed by atoms with E-state index in [1.54, 1.807) is 37.5 Å². The summed E-state index contributed by atoms with van der Waals surface area (Å²) in [5.74, 6) is 0.561. The molecule has 2 heterocycles. The number of pyridine rings is 2. The number of hydrogen-bond donors (Lipinski definition) is 1. The molecule has 0 bridgehead atoms. The molecule has 0 unspecified atom stereocenters. The van der Waals surface area contributed by atoms with Crippen LogP contribution in [-0.2, 0) is 0 Å². The van der Waals surface area contributed by atoms with Gasteiger partial charge in [-0.2, -0.15) is 0 Å². The molecule has 1 amide bonds. The predicted molar refractivity (Wildman–Crippen MR) is 110 cm³/mol. The van der Waals surface area contributed by atoms with E-state index in [1.165, 1.54) is 0 Å². The molecule has 0 aliphatic rings. The van der Waals surface area contributed by atoms with E-state index in [1.807, 2.05) is 42.5 Å². The third kappa shape index (κ3) is 3.17. The van der Waals surface area contributed by atoms with Crippen molar-refractivity contribution in [3.8, 4) is 0 Å². The fourth-order valence-corrected chi connectivity index (χ4v) is 3.27. The van der Waals surface area contributed by atoms with Crippen LogP contribution in [0.3, 0.4) is 0 Å². The molecule has 0 atom stereocenters. The van der Waals surface area contributed by atoms with Gasteiger partial charge in [-0.15, -0.1) is 0 Å². The first kappa shape index (κ1) is 17.2. The summed E-state index contributed by atoms with van der Waals surface area (Å²) in [6.07, 6.45) is 3.53. The highest BCUT2D eigenvalue weighted by Crippen LogP contribution is 2.32. The maximum absolute atomic E-state index is 12.6. The first-order valence-electron chi connectivity index (χ1n) is 8.45. The molecule has 27 heavy (non-hydrogen) atoms. The Bertz CT molecular complexity index is 1170. The second-order valence-electron chi connectivity index (χ2n) is 6.42. The van der Waals surface area contributed by atoms with Crippen LogP contribution in [0.1, 0.15) is 10.4 Å². The van der Waals surface area contributed by atoms with Crippen LogP contribution in [-0.4, -0.2) is 34.9 Å². The molecule has 2 aromatic heterocycles. The van der Waals surface area contributed by atoms with Crippen LogP contribution in [0, 0.1) is 0 Å². The van der Waals surface area contributed by atoms with E-state index < -0.39 is 0 Å². The number of nitrogens with one attached hydrogen (secondary N) is 1. The Balaban J connectivity index is 1.99. The van der Waals surface area contributed by atoms with E-state index in [0.29, 0.717) is 21.9 Å². The molecule has 0 saturated carbocycles. The molecule has 0 aliphatic heterocycles. The number of nitrogens with zero attached hydrogens (tertiary/aromatic N) is 3. The van der Waals surface area contributed by atoms with E-state index in [9.17, 15) is 4.79 Å². The van der Waals surface area contributed by atoms with Gasteiger partial charge in [0, 0.05) is 53.4 Å². The zero-order chi connectivity index (χ0) is 19.0. The lowest BCUT2D eigenvalue weighted by molar-refractivity contribution is 0.0829. The van der Waals surface area contributed by atoms with Gasteiger partial charge < -0.3 is 10.2 Å². The van der Waals surface area contributed by atoms with Gasteiger partial charge in [0.05, 0.1) is 11.1 Å². The molecule has 1 N–H and O–H groups in total. The minimum absolute atomic E-state index is 0.0926. The van der Waals surface area contributed by atoms with Crippen LogP contribution in [0.4, 0.5) is 11.5 Å². The van der Waals surface area contributed by atoms with Crippen molar-refractivity contribution in [2.24, 2.45) is 0 Å². The second kappa shape index (κ2) is 6.85. The van der Waals surface area contributed by atoms with Crippen LogP contribution in [0.5, 0.6) is 0 Å². The predicted octanol–water partition coefficient (Wildman–Crippen LogP) is 4.88. The lowest BCUT2D eigenvalue weighted by atomic mass is 10.0. The third-order valence-corrected chi connectivity index (χ3v) is 4.59. The zero-order valence-electron chi connectivity index (χ0n) is 14.9. The van der Waals surface area contributed by atoms with Gasteiger partial charge in [0.15, 0.2) is 0 Å². The first-order chi connectivity index (χ1) is 13.0. The molecule has 6 heteroatoms. The van der Waals surface area contributed by atoms with Crippen LogP contribution < -0.4 is 5.32 Å². The van der Waals surface area contributed by atoms with Crippen molar-refractivity contribution in [1.29, 1.82) is 0 Å². The smallest absolute Gasteiger partial charge is 0.255 e. The van der Waals surface area contributed by atoms with Crippen LogP contribution in [0.15, 0.2) is 60.9 Å². The maximum atomic E-state index is 12.6. The summed E-state index contributed by atoms with van der Waals surface area (Å²) < 4.78 is 0. The number of fused-ring (bicyclic) bond motifs is 3. The molecule has 4 rings (SSSR count). The monoisotopic (exact) mass is 376 g/mol. The van der Waals surface area contributed by atoms with Gasteiger partial charge in [-0.1, -0.05) is 29.8 Å². The third-order valence-electron chi connectivity index (χ3n) is 4.35. The molecule has 134 valence electrons. The maximum Gasteiger partial charge on any atom is 0.255 e. The molecule has 0 spiro atoms. The largest absolute Gasteiger partial charge is 0.345 e. The highest BCUT2D eigenvalue weighted by Gasteiger charge is 2.17. The van der Waals surface area contributed by atoms with Gasteiger partial charge in [-0.3, -0.25) is 9.78 Å². The number of amides is 1. The summed E-state index contributed by atoms with van der Waals surface area (Å²) >= 11 is 6.11. The van der Waals surface area contributed by atoms with Crippen molar-refractivity contribution in [2.75, 3.05) is 19.4 Å². The fraction of sp³-hybridized carbons (Fsp3) is 0.0952. The van der Waals surface area contributed by atoms with Crippen LogP contribution >= 0.6 is 11.6 Å². The lowest BCUT2D eigenvalue weighted by Gasteiger charge is -2.15. The molecule has 0 radical (unpaired) electrons. The normalized spacial score (nSPS) is 10.9. The number of carbonyl (C=O) groups excluding carboxylic acids is 1. The Labute approximate surface area is 161 Å². The molecular formula is C21H17ClN4O. The van der Waals surface area contributed by atoms with Gasteiger partial charge in [-0.25, -0.2) is 4.98 Å². The highest BCUT2D eigenvalue weighted by atomic mass is 35.5. The quantitative estimate of drug-likeness (QED) is 0.517. The van der Waals surface area contributed by atoms with Gasteiger partial charge in [0.2, 0.25) is 0 Å². The summed E-state index contributed by atoms with van der Waals surface area (Å²) in [5, 5.41) is 6.71. The van der Waals surface area contributed by atoms with E-state index in [-0.39, 0.29) is 5.91 Å². The minimum atomic E-state index is -0.0926. The Morgan fingerprint density at radius 2 is 1.85 bits per heavy atom. The average Bonchev–Trinajstić information content (AvgIpc) is 2.67. The number of benzene rings is 2. The van der Waals surface area contributed by atoms with Crippen molar-refractivity contribution >= 4 is 50.7 Å². The summed E-state index contributed by atoms with van der Waals surface area (Å²) in [4.78, 5) is 23.3. The molecule has 0 aliphatic carbocycles. The average molecular weight is 377 g/mol. The Hall–Kier alpha value is -3.18. The van der Waals surface area contributed by atoms with E-state index in [0.717, 1.165) is 21.8 Å². The van der Waals surface area contributed by atoms with Gasteiger partial charge in [0.25, 0.3) is 5.91 Å². The first-order valence-corrected chi connectivity index (χ1v) is 8.83. The number of aromatic nitrogens is 2.